The van der Waals surface area contributed by atoms with Gasteiger partial charge in [-0.2, -0.15) is 0 Å². The van der Waals surface area contributed by atoms with E-state index in [1.54, 1.807) is 11.3 Å². The fourth-order valence-electron chi connectivity index (χ4n) is 2.49. The molecule has 2 nitrogen and oxygen atoms in total. The molecule has 3 aromatic rings. The Hall–Kier alpha value is -1.84. The monoisotopic (exact) mass is 329 g/mol. The lowest BCUT2D eigenvalue weighted by molar-refractivity contribution is -0.641. The number of rotatable bonds is 3. The largest absolute Gasteiger partial charge is 0.339 e. The zero-order chi connectivity index (χ0) is 15.7. The van der Waals surface area contributed by atoms with E-state index in [9.17, 15) is 0 Å². The van der Waals surface area contributed by atoms with Crippen LogP contribution in [0.25, 0.3) is 11.3 Å². The highest BCUT2D eigenvalue weighted by Gasteiger charge is 2.18. The van der Waals surface area contributed by atoms with Gasteiger partial charge in [0.1, 0.15) is 11.4 Å². The second-order valence-corrected chi connectivity index (χ2v) is 6.68. The molecule has 0 aliphatic rings. The summed E-state index contributed by atoms with van der Waals surface area (Å²) < 4.78 is 2.18. The van der Waals surface area contributed by atoms with Gasteiger partial charge in [0.25, 0.3) is 0 Å². The van der Waals surface area contributed by atoms with E-state index in [-0.39, 0.29) is 0 Å². The van der Waals surface area contributed by atoms with Crippen molar-refractivity contribution in [3.63, 3.8) is 0 Å². The van der Waals surface area contributed by atoms with E-state index in [0.717, 1.165) is 15.7 Å². The maximum atomic E-state index is 5.97. The van der Waals surface area contributed by atoms with E-state index in [1.165, 1.54) is 22.5 Å². The van der Waals surface area contributed by atoms with Gasteiger partial charge in [-0.05, 0) is 49.2 Å². The quantitative estimate of drug-likeness (QED) is 0.649. The summed E-state index contributed by atoms with van der Waals surface area (Å²) in [6.45, 7) is 4.26. The third-order valence-electron chi connectivity index (χ3n) is 3.80. The summed E-state index contributed by atoms with van der Waals surface area (Å²) in [5.74, 6) is 0. The Kier molecular flexibility index (Phi) is 4.19. The van der Waals surface area contributed by atoms with Gasteiger partial charge in [-0.15, -0.1) is 0 Å². The highest BCUT2D eigenvalue weighted by Crippen LogP contribution is 2.28. The van der Waals surface area contributed by atoms with Gasteiger partial charge >= 0.3 is 5.13 Å². The number of anilines is 2. The Morgan fingerprint density at radius 3 is 2.27 bits per heavy atom. The minimum absolute atomic E-state index is 0.760. The van der Waals surface area contributed by atoms with Crippen molar-refractivity contribution in [2.75, 3.05) is 5.32 Å². The molecule has 0 saturated carbocycles. The van der Waals surface area contributed by atoms with E-state index < -0.39 is 0 Å². The molecule has 0 radical (unpaired) electrons. The summed E-state index contributed by atoms with van der Waals surface area (Å²) in [4.78, 5) is 0. The van der Waals surface area contributed by atoms with Gasteiger partial charge < -0.3 is 0 Å². The summed E-state index contributed by atoms with van der Waals surface area (Å²) in [6.07, 6.45) is 0. The molecule has 22 heavy (non-hydrogen) atoms. The van der Waals surface area contributed by atoms with Gasteiger partial charge in [-0.3, -0.25) is 0 Å². The van der Waals surface area contributed by atoms with E-state index in [1.807, 2.05) is 24.3 Å². The highest BCUT2D eigenvalue weighted by atomic mass is 35.5. The van der Waals surface area contributed by atoms with E-state index >= 15 is 0 Å². The average Bonchev–Trinajstić information content (AvgIpc) is 2.85. The van der Waals surface area contributed by atoms with Crippen molar-refractivity contribution < 1.29 is 4.57 Å². The Labute approximate surface area is 140 Å². The standard InChI is InChI=1S/C18H17ClN2S/c1-12-5-4-6-13(2)17(12)20-18-21(3)16(11-22-18)14-7-9-15(19)10-8-14/h4-11H,1-3H3/p+1. The third-order valence-corrected chi connectivity index (χ3v) is 4.99. The number of halogens is 1. The Morgan fingerprint density at radius 1 is 1.00 bits per heavy atom. The summed E-state index contributed by atoms with van der Waals surface area (Å²) in [7, 11) is 2.08. The number of thiazole rings is 1. The molecule has 0 atom stereocenters. The average molecular weight is 330 g/mol. The van der Waals surface area contributed by atoms with Crippen molar-refractivity contribution in [3.05, 3.63) is 64.0 Å². The Bertz CT molecular complexity index is 786. The molecule has 1 heterocycles. The summed E-state index contributed by atoms with van der Waals surface area (Å²) >= 11 is 7.68. The third kappa shape index (κ3) is 2.87. The summed E-state index contributed by atoms with van der Waals surface area (Å²) in [6, 6.07) is 14.3. The minimum atomic E-state index is 0.760. The first-order valence-electron chi connectivity index (χ1n) is 7.13. The second kappa shape index (κ2) is 6.11. The van der Waals surface area contributed by atoms with Crippen LogP contribution in [0.3, 0.4) is 0 Å². The lowest BCUT2D eigenvalue weighted by Crippen LogP contribution is -2.31. The van der Waals surface area contributed by atoms with Crippen LogP contribution < -0.4 is 9.88 Å². The molecular weight excluding hydrogens is 312 g/mol. The van der Waals surface area contributed by atoms with Crippen LogP contribution in [0.15, 0.2) is 47.8 Å². The highest BCUT2D eigenvalue weighted by molar-refractivity contribution is 7.13. The van der Waals surface area contributed by atoms with Crippen molar-refractivity contribution in [3.8, 4) is 11.3 Å². The van der Waals surface area contributed by atoms with Gasteiger partial charge in [0.2, 0.25) is 0 Å². The number of hydrogen-bond acceptors (Lipinski definition) is 2. The molecule has 0 aliphatic heterocycles. The predicted molar refractivity (Wildman–Crippen MR) is 95.1 cm³/mol. The van der Waals surface area contributed by atoms with E-state index in [4.69, 9.17) is 11.6 Å². The molecular formula is C18H18ClN2S+. The first kappa shape index (κ1) is 15.1. The number of nitrogens with zero attached hydrogens (tertiary/aromatic N) is 1. The zero-order valence-corrected chi connectivity index (χ0v) is 14.4. The SMILES string of the molecule is Cc1cccc(C)c1Nc1scc(-c2ccc(Cl)cc2)[n+]1C. The van der Waals surface area contributed by atoms with Crippen LogP contribution in [0.4, 0.5) is 10.8 Å². The van der Waals surface area contributed by atoms with Gasteiger partial charge in [-0.25, -0.2) is 9.88 Å². The Morgan fingerprint density at radius 2 is 1.64 bits per heavy atom. The molecule has 0 aliphatic carbocycles. The van der Waals surface area contributed by atoms with Crippen LogP contribution in [0.1, 0.15) is 11.1 Å². The van der Waals surface area contributed by atoms with Crippen molar-refractivity contribution in [2.24, 2.45) is 7.05 Å². The topological polar surface area (TPSA) is 15.9 Å². The van der Waals surface area contributed by atoms with Gasteiger partial charge in [-0.1, -0.05) is 41.1 Å². The van der Waals surface area contributed by atoms with Crippen molar-refractivity contribution in [2.45, 2.75) is 13.8 Å². The number of para-hydroxylation sites is 1. The molecule has 112 valence electrons. The number of hydrogen-bond donors (Lipinski definition) is 1. The molecule has 0 amide bonds. The van der Waals surface area contributed by atoms with Crippen LogP contribution in [-0.4, -0.2) is 0 Å². The van der Waals surface area contributed by atoms with Gasteiger partial charge in [0.05, 0.1) is 7.05 Å². The van der Waals surface area contributed by atoms with E-state index in [2.05, 4.69) is 54.4 Å². The number of aromatic nitrogens is 1. The minimum Gasteiger partial charge on any atom is -0.231 e. The lowest BCUT2D eigenvalue weighted by atomic mass is 10.1. The van der Waals surface area contributed by atoms with Gasteiger partial charge in [0, 0.05) is 16.0 Å². The number of benzene rings is 2. The fourth-order valence-corrected chi connectivity index (χ4v) is 3.55. The number of aryl methyl sites for hydroxylation is 2. The van der Waals surface area contributed by atoms with Crippen LogP contribution in [0.5, 0.6) is 0 Å². The van der Waals surface area contributed by atoms with Crippen LogP contribution in [0, 0.1) is 13.8 Å². The first-order chi connectivity index (χ1) is 10.6. The molecule has 3 rings (SSSR count). The molecule has 0 fully saturated rings. The predicted octanol–water partition coefficient (Wildman–Crippen LogP) is 5.25. The first-order valence-corrected chi connectivity index (χ1v) is 8.38. The molecule has 0 spiro atoms. The van der Waals surface area contributed by atoms with Crippen LogP contribution >= 0.6 is 22.9 Å². The molecule has 0 saturated heterocycles. The lowest BCUT2D eigenvalue weighted by Gasteiger charge is -2.06. The zero-order valence-electron chi connectivity index (χ0n) is 12.9. The molecule has 1 N–H and O–H groups in total. The maximum Gasteiger partial charge on any atom is 0.339 e. The molecule has 0 unspecified atom stereocenters. The summed E-state index contributed by atoms with van der Waals surface area (Å²) in [5, 5.41) is 7.60. The van der Waals surface area contributed by atoms with Crippen LogP contribution in [0.2, 0.25) is 5.02 Å². The number of nitrogens with one attached hydrogen (secondary N) is 1. The van der Waals surface area contributed by atoms with Crippen molar-refractivity contribution in [1.29, 1.82) is 0 Å². The Balaban J connectivity index is 1.96. The molecule has 0 bridgehead atoms. The molecule has 1 aromatic heterocycles. The van der Waals surface area contributed by atoms with Crippen LogP contribution in [-0.2, 0) is 7.05 Å². The van der Waals surface area contributed by atoms with E-state index in [0.29, 0.717) is 0 Å². The van der Waals surface area contributed by atoms with Gasteiger partial charge in [0.15, 0.2) is 0 Å². The molecule has 4 heteroatoms. The van der Waals surface area contributed by atoms with Crippen molar-refractivity contribution >= 4 is 33.8 Å². The maximum absolute atomic E-state index is 5.97. The fraction of sp³-hybridized carbons (Fsp3) is 0.167. The molecule has 2 aromatic carbocycles. The normalized spacial score (nSPS) is 10.7. The summed E-state index contributed by atoms with van der Waals surface area (Å²) in [5.41, 5.74) is 6.03. The van der Waals surface area contributed by atoms with Crippen molar-refractivity contribution in [1.82, 2.24) is 0 Å². The smallest absolute Gasteiger partial charge is 0.231 e. The second-order valence-electron chi connectivity index (χ2n) is 5.38.